The maximum absolute atomic E-state index is 12.4. The highest BCUT2D eigenvalue weighted by Crippen LogP contribution is 2.20. The van der Waals surface area contributed by atoms with Gasteiger partial charge in [0.15, 0.2) is 5.82 Å². The van der Waals surface area contributed by atoms with E-state index in [0.29, 0.717) is 35.2 Å². The Hall–Kier alpha value is -5.30. The van der Waals surface area contributed by atoms with Crippen molar-refractivity contribution in [3.8, 4) is 29.1 Å². The van der Waals surface area contributed by atoms with Gasteiger partial charge in [-0.05, 0) is 63.1 Å². The van der Waals surface area contributed by atoms with Crippen molar-refractivity contribution in [1.29, 1.82) is 0 Å². The van der Waals surface area contributed by atoms with Crippen LogP contribution in [0.1, 0.15) is 37.6 Å². The number of nitrogens with one attached hydrogen (secondary N) is 1. The first-order chi connectivity index (χ1) is 19.3. The second-order valence-corrected chi connectivity index (χ2v) is 9.76. The third-order valence-corrected chi connectivity index (χ3v) is 5.64. The van der Waals surface area contributed by atoms with E-state index in [-0.39, 0.29) is 0 Å². The second-order valence-electron chi connectivity index (χ2n) is 9.76. The summed E-state index contributed by atoms with van der Waals surface area (Å²) >= 11 is 0. The van der Waals surface area contributed by atoms with Crippen molar-refractivity contribution in [2.24, 2.45) is 0 Å². The lowest BCUT2D eigenvalue weighted by molar-refractivity contribution is 0.0522. The van der Waals surface area contributed by atoms with Gasteiger partial charge in [0, 0.05) is 35.5 Å². The largest absolute Gasteiger partial charge is 0.496 e. The number of aromatic nitrogens is 6. The Morgan fingerprint density at radius 1 is 1.00 bits per heavy atom. The normalized spacial score (nSPS) is 11.0. The number of para-hydroxylation sites is 1. The molecule has 0 aliphatic carbocycles. The van der Waals surface area contributed by atoms with Gasteiger partial charge in [-0.1, -0.05) is 24.1 Å². The molecule has 10 heteroatoms. The van der Waals surface area contributed by atoms with E-state index in [0.717, 1.165) is 22.3 Å². The van der Waals surface area contributed by atoms with Crippen LogP contribution in [0.3, 0.4) is 0 Å². The number of hydrogen-bond donors (Lipinski definition) is 1. The molecule has 2 aromatic carbocycles. The fourth-order valence-corrected chi connectivity index (χ4v) is 3.84. The molecule has 200 valence electrons. The molecule has 5 aromatic rings. The Bertz CT molecular complexity index is 1750. The molecule has 0 aliphatic rings. The molecule has 0 amide bonds. The first kappa shape index (κ1) is 26.3. The van der Waals surface area contributed by atoms with Gasteiger partial charge in [-0.3, -0.25) is 0 Å². The zero-order valence-electron chi connectivity index (χ0n) is 22.5. The summed E-state index contributed by atoms with van der Waals surface area (Å²) in [5.41, 5.74) is 2.87. The first-order valence-electron chi connectivity index (χ1n) is 12.5. The van der Waals surface area contributed by atoms with Crippen molar-refractivity contribution in [1.82, 2.24) is 29.7 Å². The minimum Gasteiger partial charge on any atom is -0.496 e. The number of carbonyl (C=O) groups is 1. The number of methoxy groups -OCH3 is 1. The minimum atomic E-state index is -0.614. The van der Waals surface area contributed by atoms with Crippen molar-refractivity contribution < 1.29 is 14.3 Å². The topological polar surface area (TPSA) is 117 Å². The van der Waals surface area contributed by atoms with Gasteiger partial charge in [0.2, 0.25) is 5.95 Å². The lowest BCUT2D eigenvalue weighted by atomic mass is 10.1. The predicted octanol–water partition coefficient (Wildman–Crippen LogP) is 5.09. The van der Waals surface area contributed by atoms with Gasteiger partial charge in [-0.2, -0.15) is 9.78 Å². The summed E-state index contributed by atoms with van der Waals surface area (Å²) in [5, 5.41) is 8.17. The summed E-state index contributed by atoms with van der Waals surface area (Å²) in [6.45, 7) is 5.94. The van der Waals surface area contributed by atoms with E-state index in [1.165, 1.54) is 4.68 Å². The van der Waals surface area contributed by atoms with Crippen LogP contribution in [0.5, 0.6) is 5.75 Å². The molecule has 0 atom stereocenters. The zero-order chi connectivity index (χ0) is 28.1. The fraction of sp³-hybridized carbons (Fsp3) is 0.200. The summed E-state index contributed by atoms with van der Waals surface area (Å²) in [4.78, 5) is 30.2. The van der Waals surface area contributed by atoms with E-state index in [1.807, 2.05) is 57.2 Å². The van der Waals surface area contributed by atoms with Gasteiger partial charge >= 0.3 is 6.09 Å². The Morgan fingerprint density at radius 3 is 2.65 bits per heavy atom. The highest BCUT2D eigenvalue weighted by atomic mass is 16.6. The smallest absolute Gasteiger partial charge is 0.435 e. The highest BCUT2D eigenvalue weighted by Gasteiger charge is 2.20. The zero-order valence-corrected chi connectivity index (χ0v) is 22.5. The number of ether oxygens (including phenoxy) is 2. The Kier molecular flexibility index (Phi) is 7.37. The Labute approximate surface area is 231 Å². The number of anilines is 1. The van der Waals surface area contributed by atoms with Gasteiger partial charge in [0.25, 0.3) is 0 Å². The molecule has 0 fully saturated rings. The fourth-order valence-electron chi connectivity index (χ4n) is 3.84. The van der Waals surface area contributed by atoms with Gasteiger partial charge in [0.05, 0.1) is 18.8 Å². The molecule has 10 nitrogen and oxygen atoms in total. The molecule has 3 aromatic heterocycles. The minimum absolute atomic E-state index is 0.434. The number of fused-ring (bicyclic) bond motifs is 1. The summed E-state index contributed by atoms with van der Waals surface area (Å²) in [5.74, 6) is 7.87. The van der Waals surface area contributed by atoms with Crippen molar-refractivity contribution in [2.45, 2.75) is 32.9 Å². The maximum atomic E-state index is 12.4. The first-order valence-corrected chi connectivity index (χ1v) is 12.5. The molecule has 3 heterocycles. The van der Waals surface area contributed by atoms with Crippen LogP contribution in [0.25, 0.3) is 22.4 Å². The van der Waals surface area contributed by atoms with E-state index in [9.17, 15) is 4.79 Å². The summed E-state index contributed by atoms with van der Waals surface area (Å²) in [6.07, 6.45) is 4.38. The standard InChI is InChI=1S/C30H27N7O3/c1-30(2,3)40-29(38)37-25-12-10-20(17-22(25)19-34-37)9-11-23-13-15-31-27(35-23)24-14-16-32-28(36-24)33-18-21-7-5-6-8-26(21)39-4/h5-8,10,12-17,19H,18H2,1-4H3,(H,32,33,36). The molecule has 40 heavy (non-hydrogen) atoms. The molecule has 1 N–H and O–H groups in total. The summed E-state index contributed by atoms with van der Waals surface area (Å²) in [6, 6.07) is 16.7. The lowest BCUT2D eigenvalue weighted by Gasteiger charge is -2.19. The number of nitrogens with zero attached hydrogens (tertiary/aromatic N) is 6. The maximum Gasteiger partial charge on any atom is 0.435 e. The van der Waals surface area contributed by atoms with Gasteiger partial charge in [-0.15, -0.1) is 0 Å². The third-order valence-electron chi connectivity index (χ3n) is 5.64. The monoisotopic (exact) mass is 533 g/mol. The molecule has 0 aliphatic heterocycles. The third kappa shape index (κ3) is 6.22. The van der Waals surface area contributed by atoms with Crippen LogP contribution in [0.15, 0.2) is 73.2 Å². The van der Waals surface area contributed by atoms with Crippen LogP contribution < -0.4 is 10.1 Å². The average Bonchev–Trinajstić information content (AvgIpc) is 3.38. The predicted molar refractivity (Wildman–Crippen MR) is 151 cm³/mol. The van der Waals surface area contributed by atoms with E-state index in [2.05, 4.69) is 42.2 Å². The molecule has 0 radical (unpaired) electrons. The van der Waals surface area contributed by atoms with E-state index in [1.54, 1.807) is 43.9 Å². The van der Waals surface area contributed by atoms with Crippen molar-refractivity contribution in [2.75, 3.05) is 12.4 Å². The SMILES string of the molecule is COc1ccccc1CNc1nccc(-c2nccc(C#Cc3ccc4c(cnn4C(=O)OC(C)(C)C)c3)n2)n1. The van der Waals surface area contributed by atoms with Gasteiger partial charge in [0.1, 0.15) is 22.7 Å². The van der Waals surface area contributed by atoms with Gasteiger partial charge in [-0.25, -0.2) is 24.7 Å². The van der Waals surface area contributed by atoms with E-state index in [4.69, 9.17) is 9.47 Å². The molecular formula is C30H27N7O3. The second kappa shape index (κ2) is 11.2. The molecule has 0 saturated heterocycles. The molecule has 0 spiro atoms. The van der Waals surface area contributed by atoms with Gasteiger partial charge < -0.3 is 14.8 Å². The van der Waals surface area contributed by atoms with Crippen molar-refractivity contribution in [3.05, 3.63) is 90.0 Å². The molecular weight excluding hydrogens is 506 g/mol. The molecule has 0 unspecified atom stereocenters. The van der Waals surface area contributed by atoms with Crippen molar-refractivity contribution in [3.63, 3.8) is 0 Å². The number of carbonyl (C=O) groups excluding carboxylic acids is 1. The summed E-state index contributed by atoms with van der Waals surface area (Å²) < 4.78 is 12.1. The van der Waals surface area contributed by atoms with Crippen LogP contribution in [-0.4, -0.2) is 48.5 Å². The summed E-state index contributed by atoms with van der Waals surface area (Å²) in [7, 11) is 1.64. The Morgan fingerprint density at radius 2 is 1.82 bits per heavy atom. The number of benzene rings is 2. The number of hydrogen-bond acceptors (Lipinski definition) is 9. The van der Waals surface area contributed by atoms with E-state index >= 15 is 0 Å². The van der Waals surface area contributed by atoms with Crippen molar-refractivity contribution >= 4 is 22.9 Å². The van der Waals surface area contributed by atoms with Crippen LogP contribution in [-0.2, 0) is 11.3 Å². The average molecular weight is 534 g/mol. The van der Waals surface area contributed by atoms with E-state index < -0.39 is 11.7 Å². The lowest BCUT2D eigenvalue weighted by Crippen LogP contribution is -2.27. The molecule has 0 saturated carbocycles. The molecule has 0 bridgehead atoms. The molecule has 5 rings (SSSR count). The van der Waals surface area contributed by atoms with Crippen LogP contribution in [0, 0.1) is 11.8 Å². The van der Waals surface area contributed by atoms with Crippen LogP contribution >= 0.6 is 0 Å². The number of rotatable bonds is 5. The Balaban J connectivity index is 1.32. The van der Waals surface area contributed by atoms with Crippen LogP contribution in [0.2, 0.25) is 0 Å². The van der Waals surface area contributed by atoms with Crippen LogP contribution in [0.4, 0.5) is 10.7 Å². The quantitative estimate of drug-likeness (QED) is 0.308. The highest BCUT2D eigenvalue weighted by molar-refractivity contribution is 5.88.